The van der Waals surface area contributed by atoms with E-state index < -0.39 is 4.92 Å². The second-order valence-corrected chi connectivity index (χ2v) is 9.65. The molecule has 0 aliphatic carbocycles. The molecule has 4 rings (SSSR count). The van der Waals surface area contributed by atoms with Gasteiger partial charge in [0.05, 0.1) is 34.3 Å². The molecule has 0 saturated carbocycles. The minimum absolute atomic E-state index is 0.0241. The smallest absolute Gasteiger partial charge is 0.269 e. The summed E-state index contributed by atoms with van der Waals surface area (Å²) in [5, 5.41) is 11.9. The van der Waals surface area contributed by atoms with Crippen LogP contribution in [0.25, 0.3) is 6.08 Å². The molecule has 0 aromatic heterocycles. The minimum atomic E-state index is -0.459. The zero-order valence-corrected chi connectivity index (χ0v) is 23.1. The van der Waals surface area contributed by atoms with E-state index in [1.54, 1.807) is 42.4 Å². The van der Waals surface area contributed by atoms with Crippen molar-refractivity contribution in [1.82, 2.24) is 4.90 Å². The Morgan fingerprint density at radius 1 is 1.10 bits per heavy atom. The fourth-order valence-corrected chi connectivity index (χ4v) is 5.11. The lowest BCUT2D eigenvalue weighted by Crippen LogP contribution is -2.28. The number of rotatable bonds is 10. The maximum Gasteiger partial charge on any atom is 0.269 e. The van der Waals surface area contributed by atoms with Gasteiger partial charge in [-0.25, -0.2) is 4.99 Å². The molecule has 1 heterocycles. The third-order valence-electron chi connectivity index (χ3n) is 5.64. The van der Waals surface area contributed by atoms with Crippen molar-refractivity contribution >= 4 is 51.9 Å². The summed E-state index contributed by atoms with van der Waals surface area (Å²) >= 11 is 7.86. The number of benzene rings is 3. The van der Waals surface area contributed by atoms with E-state index >= 15 is 0 Å². The number of thioether (sulfide) groups is 1. The Morgan fingerprint density at radius 3 is 2.54 bits per heavy atom. The maximum absolute atomic E-state index is 13.1. The molecule has 0 atom stereocenters. The van der Waals surface area contributed by atoms with E-state index in [-0.39, 0.29) is 23.2 Å². The SMILES string of the molecule is CCOc1cc(/C=C2/SC(=Nc3ccc(OC)cc3)N(CC)C2=O)cc(Cl)c1OCc1cccc([N+](=O)[O-])c1. The number of hydrogen-bond donors (Lipinski definition) is 0. The molecule has 11 heteroatoms. The zero-order valence-electron chi connectivity index (χ0n) is 21.5. The van der Waals surface area contributed by atoms with E-state index in [2.05, 4.69) is 4.99 Å². The van der Waals surface area contributed by atoms with Gasteiger partial charge in [-0.1, -0.05) is 23.7 Å². The third kappa shape index (κ3) is 6.71. The highest BCUT2D eigenvalue weighted by Gasteiger charge is 2.32. The quantitative estimate of drug-likeness (QED) is 0.150. The van der Waals surface area contributed by atoms with Crippen LogP contribution >= 0.6 is 23.4 Å². The molecule has 3 aromatic rings. The van der Waals surface area contributed by atoms with Crippen LogP contribution in [0.5, 0.6) is 17.2 Å². The highest BCUT2D eigenvalue weighted by Crippen LogP contribution is 2.40. The standard InChI is InChI=1S/C28H26ClN3O6S/c1-4-31-27(33)25(39-28(31)30-20-9-11-22(36-3)12-10-20)16-19-14-23(29)26(24(15-19)37-5-2)38-17-18-7-6-8-21(13-18)32(34)35/h6-16H,4-5,17H2,1-3H3/b25-16+,30-28?. The number of methoxy groups -OCH3 is 1. The van der Waals surface area contributed by atoms with E-state index in [1.807, 2.05) is 38.1 Å². The molecule has 0 unspecified atom stereocenters. The molecular weight excluding hydrogens is 542 g/mol. The first-order chi connectivity index (χ1) is 18.8. The lowest BCUT2D eigenvalue weighted by molar-refractivity contribution is -0.384. The normalized spacial score (nSPS) is 15.2. The number of nitrogens with zero attached hydrogens (tertiary/aromatic N) is 3. The van der Waals surface area contributed by atoms with Crippen LogP contribution in [-0.4, -0.2) is 41.2 Å². The summed E-state index contributed by atoms with van der Waals surface area (Å²) in [5.41, 5.74) is 1.95. The monoisotopic (exact) mass is 567 g/mol. The average molecular weight is 568 g/mol. The van der Waals surface area contributed by atoms with Crippen LogP contribution in [0.15, 0.2) is 70.6 Å². The number of amides is 1. The number of nitro groups is 1. The Bertz CT molecular complexity index is 1440. The van der Waals surface area contributed by atoms with Gasteiger partial charge in [0.2, 0.25) is 0 Å². The number of ether oxygens (including phenoxy) is 3. The molecule has 202 valence electrons. The number of non-ortho nitro benzene ring substituents is 1. The Labute approximate surface area is 235 Å². The number of halogens is 1. The highest BCUT2D eigenvalue weighted by molar-refractivity contribution is 8.18. The molecule has 1 aliphatic heterocycles. The molecule has 1 fully saturated rings. The van der Waals surface area contributed by atoms with E-state index in [0.29, 0.717) is 51.5 Å². The molecule has 1 amide bonds. The molecule has 0 radical (unpaired) electrons. The molecule has 0 bridgehead atoms. The molecule has 0 N–H and O–H groups in total. The van der Waals surface area contributed by atoms with Gasteiger partial charge in [-0.05, 0) is 79.2 Å². The first-order valence-corrected chi connectivity index (χ1v) is 13.3. The number of hydrogen-bond acceptors (Lipinski definition) is 8. The van der Waals surface area contributed by atoms with Gasteiger partial charge in [-0.3, -0.25) is 19.8 Å². The van der Waals surface area contributed by atoms with E-state index in [0.717, 1.165) is 5.75 Å². The van der Waals surface area contributed by atoms with Gasteiger partial charge in [-0.15, -0.1) is 0 Å². The van der Waals surface area contributed by atoms with Crippen molar-refractivity contribution in [3.05, 3.63) is 91.8 Å². The highest BCUT2D eigenvalue weighted by atomic mass is 35.5. The number of nitro benzene ring substituents is 1. The Morgan fingerprint density at radius 2 is 1.87 bits per heavy atom. The van der Waals surface area contributed by atoms with Gasteiger partial charge in [0.15, 0.2) is 16.7 Å². The van der Waals surface area contributed by atoms with Crippen molar-refractivity contribution in [2.75, 3.05) is 20.3 Å². The number of carbonyl (C=O) groups excluding carboxylic acids is 1. The van der Waals surface area contributed by atoms with Crippen LogP contribution in [0, 0.1) is 10.1 Å². The lowest BCUT2D eigenvalue weighted by Gasteiger charge is -2.15. The van der Waals surface area contributed by atoms with Crippen molar-refractivity contribution in [3.63, 3.8) is 0 Å². The van der Waals surface area contributed by atoms with Crippen molar-refractivity contribution in [2.24, 2.45) is 4.99 Å². The van der Waals surface area contributed by atoms with Crippen LogP contribution in [0.1, 0.15) is 25.0 Å². The van der Waals surface area contributed by atoms with E-state index in [1.165, 1.54) is 23.9 Å². The summed E-state index contributed by atoms with van der Waals surface area (Å²) in [4.78, 5) is 30.5. The number of carbonyl (C=O) groups is 1. The third-order valence-corrected chi connectivity index (χ3v) is 6.92. The first kappa shape index (κ1) is 28.0. The summed E-state index contributed by atoms with van der Waals surface area (Å²) in [5.74, 6) is 1.28. The molecule has 0 spiro atoms. The van der Waals surface area contributed by atoms with Crippen LogP contribution < -0.4 is 14.2 Å². The second-order valence-electron chi connectivity index (χ2n) is 8.23. The molecule has 1 saturated heterocycles. The predicted octanol–water partition coefficient (Wildman–Crippen LogP) is 6.86. The summed E-state index contributed by atoms with van der Waals surface area (Å²) in [6.45, 7) is 4.61. The van der Waals surface area contributed by atoms with Gasteiger partial charge < -0.3 is 14.2 Å². The Kier molecular flexibility index (Phi) is 9.11. The summed E-state index contributed by atoms with van der Waals surface area (Å²) in [6, 6.07) is 16.9. The van der Waals surface area contributed by atoms with Crippen LogP contribution in [-0.2, 0) is 11.4 Å². The number of amidine groups is 1. The van der Waals surface area contributed by atoms with Gasteiger partial charge in [0.25, 0.3) is 11.6 Å². The fraction of sp³-hybridized carbons (Fsp3) is 0.214. The zero-order chi connectivity index (χ0) is 27.9. The largest absolute Gasteiger partial charge is 0.497 e. The molecule has 3 aromatic carbocycles. The number of likely N-dealkylation sites (N-methyl/N-ethyl adjacent to an activating group) is 1. The fourth-order valence-electron chi connectivity index (χ4n) is 3.78. The van der Waals surface area contributed by atoms with Crippen LogP contribution in [0.4, 0.5) is 11.4 Å². The van der Waals surface area contributed by atoms with Crippen molar-refractivity contribution in [1.29, 1.82) is 0 Å². The maximum atomic E-state index is 13.1. The van der Waals surface area contributed by atoms with Gasteiger partial charge >= 0.3 is 0 Å². The lowest BCUT2D eigenvalue weighted by atomic mass is 10.1. The van der Waals surface area contributed by atoms with Gasteiger partial charge in [0.1, 0.15) is 12.4 Å². The minimum Gasteiger partial charge on any atom is -0.497 e. The molecule has 39 heavy (non-hydrogen) atoms. The van der Waals surface area contributed by atoms with Crippen LogP contribution in [0.3, 0.4) is 0 Å². The first-order valence-electron chi connectivity index (χ1n) is 12.1. The number of aliphatic imine (C=N–C) groups is 1. The topological polar surface area (TPSA) is 104 Å². The second kappa shape index (κ2) is 12.7. The predicted molar refractivity (Wildman–Crippen MR) is 153 cm³/mol. The van der Waals surface area contributed by atoms with Crippen molar-refractivity contribution < 1.29 is 23.9 Å². The summed E-state index contributed by atoms with van der Waals surface area (Å²) < 4.78 is 16.9. The van der Waals surface area contributed by atoms with E-state index in [9.17, 15) is 14.9 Å². The Hall–Kier alpha value is -4.02. The van der Waals surface area contributed by atoms with Gasteiger partial charge in [-0.2, -0.15) is 0 Å². The summed E-state index contributed by atoms with van der Waals surface area (Å²) in [7, 11) is 1.60. The van der Waals surface area contributed by atoms with Crippen molar-refractivity contribution in [2.45, 2.75) is 20.5 Å². The van der Waals surface area contributed by atoms with Crippen molar-refractivity contribution in [3.8, 4) is 17.2 Å². The molecule has 9 nitrogen and oxygen atoms in total. The molecular formula is C28H26ClN3O6S. The van der Waals surface area contributed by atoms with Crippen LogP contribution in [0.2, 0.25) is 5.02 Å². The van der Waals surface area contributed by atoms with E-state index in [4.69, 9.17) is 25.8 Å². The average Bonchev–Trinajstić information content (AvgIpc) is 3.22. The van der Waals surface area contributed by atoms with Gasteiger partial charge in [0, 0.05) is 18.7 Å². The summed E-state index contributed by atoms with van der Waals surface area (Å²) in [6.07, 6.45) is 1.74. The Balaban J connectivity index is 1.59. The molecule has 1 aliphatic rings.